The van der Waals surface area contributed by atoms with Gasteiger partial charge < -0.3 is 25.7 Å². The van der Waals surface area contributed by atoms with Gasteiger partial charge >= 0.3 is 0 Å². The van der Waals surface area contributed by atoms with Gasteiger partial charge in [0.1, 0.15) is 17.2 Å². The van der Waals surface area contributed by atoms with Gasteiger partial charge in [0.25, 0.3) is 5.91 Å². The minimum absolute atomic E-state index is 0.0352. The monoisotopic (exact) mass is 398 g/mol. The largest absolute Gasteiger partial charge is 0.383 e. The molecule has 3 rings (SSSR count). The Kier molecular flexibility index (Phi) is 6.09. The van der Waals surface area contributed by atoms with E-state index in [9.17, 15) is 9.18 Å². The molecule has 0 bridgehead atoms. The fraction of sp³-hybridized carbons (Fsp3) is 0.167. The summed E-state index contributed by atoms with van der Waals surface area (Å²) < 4.78 is 20.1. The first-order valence-corrected chi connectivity index (χ1v) is 8.51. The van der Waals surface area contributed by atoms with Gasteiger partial charge in [0, 0.05) is 31.6 Å². The number of aromatic nitrogens is 3. The third-order valence-electron chi connectivity index (χ3n) is 3.99. The number of amidine groups is 1. The van der Waals surface area contributed by atoms with E-state index in [1.807, 2.05) is 4.57 Å². The van der Waals surface area contributed by atoms with Crippen LogP contribution in [0.3, 0.4) is 0 Å². The lowest BCUT2D eigenvalue weighted by Gasteiger charge is -2.15. The van der Waals surface area contributed by atoms with E-state index in [2.05, 4.69) is 25.6 Å². The molecule has 0 atom stereocenters. The molecule has 0 unspecified atom stereocenters. The highest BCUT2D eigenvalue weighted by Gasteiger charge is 2.21. The summed E-state index contributed by atoms with van der Waals surface area (Å²) in [4.78, 5) is 24.8. The third kappa shape index (κ3) is 4.52. The minimum Gasteiger partial charge on any atom is -0.383 e. The molecule has 0 radical (unpaired) electrons. The van der Waals surface area contributed by atoms with E-state index < -0.39 is 17.6 Å². The van der Waals surface area contributed by atoms with Gasteiger partial charge in [-0.15, -0.1) is 0 Å². The van der Waals surface area contributed by atoms with E-state index in [1.165, 1.54) is 6.20 Å². The van der Waals surface area contributed by atoms with Crippen LogP contribution in [-0.2, 0) is 16.1 Å². The van der Waals surface area contributed by atoms with Crippen molar-refractivity contribution in [3.8, 4) is 11.3 Å². The highest BCUT2D eigenvalue weighted by molar-refractivity contribution is 6.24. The van der Waals surface area contributed by atoms with Crippen molar-refractivity contribution in [2.45, 2.75) is 6.54 Å². The van der Waals surface area contributed by atoms with Crippen LogP contribution in [0.4, 0.5) is 10.1 Å². The first kappa shape index (κ1) is 19.9. The van der Waals surface area contributed by atoms with Crippen molar-refractivity contribution < 1.29 is 13.9 Å². The Bertz CT molecular complexity index is 1020. The molecule has 0 saturated carbocycles. The molecule has 0 aromatic carbocycles. The molecule has 2 aromatic rings. The highest BCUT2D eigenvalue weighted by atomic mass is 19.1. The molecule has 0 aliphatic carbocycles. The number of carbonyl (C=O) groups is 1. The second-order valence-corrected chi connectivity index (χ2v) is 5.91. The summed E-state index contributed by atoms with van der Waals surface area (Å²) in [6.45, 7) is 1.06. The maximum Gasteiger partial charge on any atom is 0.263 e. The van der Waals surface area contributed by atoms with Crippen LogP contribution < -0.4 is 16.4 Å². The Labute approximate surface area is 165 Å². The number of hydrogen-bond donors (Lipinski definition) is 4. The molecule has 10 nitrogen and oxygen atoms in total. The summed E-state index contributed by atoms with van der Waals surface area (Å²) in [5.41, 5.74) is 7.13. The standard InChI is InChI=1S/C18H19FN8O2/c1-29-5-4-27-10-23-9-14(27)12-2-3-22-8-13(12)26-18(28)15(16(20)21)17-24-6-11(19)7-25-17/h2-3,6-10,24H,4-5H2,1H3,(H3,20,21)(H,26,28). The van der Waals surface area contributed by atoms with Crippen LogP contribution in [0.5, 0.6) is 0 Å². The normalized spacial score (nSPS) is 14.8. The summed E-state index contributed by atoms with van der Waals surface area (Å²) in [6, 6.07) is 1.73. The molecule has 1 aliphatic heterocycles. The number of aliphatic imine (C=N–C) groups is 1. The lowest BCUT2D eigenvalue weighted by atomic mass is 10.1. The Morgan fingerprint density at radius 2 is 2.24 bits per heavy atom. The van der Waals surface area contributed by atoms with Crippen molar-refractivity contribution in [2.75, 3.05) is 19.0 Å². The maximum atomic E-state index is 13.1. The van der Waals surface area contributed by atoms with Crippen LogP contribution in [0.25, 0.3) is 11.3 Å². The molecule has 3 heterocycles. The fourth-order valence-corrected chi connectivity index (χ4v) is 2.65. The molecule has 0 fully saturated rings. The number of halogens is 1. The van der Waals surface area contributed by atoms with E-state index in [0.29, 0.717) is 24.4 Å². The number of allylic oxidation sites excluding steroid dienone is 1. The first-order chi connectivity index (χ1) is 14.0. The van der Waals surface area contributed by atoms with Gasteiger partial charge in [0.2, 0.25) is 0 Å². The van der Waals surface area contributed by atoms with Gasteiger partial charge in [-0.25, -0.2) is 14.4 Å². The van der Waals surface area contributed by atoms with E-state index in [-0.39, 0.29) is 11.4 Å². The molecule has 2 aromatic heterocycles. The van der Waals surface area contributed by atoms with Crippen molar-refractivity contribution >= 4 is 23.6 Å². The summed E-state index contributed by atoms with van der Waals surface area (Å²) >= 11 is 0. The zero-order valence-electron chi connectivity index (χ0n) is 15.5. The van der Waals surface area contributed by atoms with Crippen molar-refractivity contribution in [3.05, 3.63) is 54.4 Å². The Balaban J connectivity index is 1.92. The number of nitrogens with two attached hydrogens (primary N) is 1. The number of nitrogens with one attached hydrogen (secondary N) is 3. The van der Waals surface area contributed by atoms with Gasteiger partial charge in [-0.1, -0.05) is 0 Å². The Hall–Kier alpha value is -3.86. The number of hydrogen-bond acceptors (Lipinski definition) is 7. The van der Waals surface area contributed by atoms with Crippen LogP contribution in [0.1, 0.15) is 0 Å². The topological polar surface area (TPSA) is 143 Å². The predicted molar refractivity (Wildman–Crippen MR) is 106 cm³/mol. The molecule has 11 heteroatoms. The van der Waals surface area contributed by atoms with E-state index >= 15 is 0 Å². The number of anilines is 1. The average Bonchev–Trinajstić information content (AvgIpc) is 3.16. The minimum atomic E-state index is -0.690. The number of rotatable bonds is 7. The van der Waals surface area contributed by atoms with Crippen LogP contribution >= 0.6 is 0 Å². The quantitative estimate of drug-likeness (QED) is 0.313. The van der Waals surface area contributed by atoms with Crippen LogP contribution in [0, 0.1) is 5.41 Å². The molecule has 1 amide bonds. The summed E-state index contributed by atoms with van der Waals surface area (Å²) in [6.07, 6.45) is 8.31. The van der Waals surface area contributed by atoms with E-state index in [0.717, 1.165) is 18.1 Å². The lowest BCUT2D eigenvalue weighted by molar-refractivity contribution is -0.112. The summed E-state index contributed by atoms with van der Waals surface area (Å²) in [7, 11) is 1.61. The molecule has 150 valence electrons. The number of nitrogens with zero attached hydrogens (tertiary/aromatic N) is 4. The second-order valence-electron chi connectivity index (χ2n) is 5.91. The molecule has 0 saturated heterocycles. The number of amides is 1. The molecular weight excluding hydrogens is 379 g/mol. The number of pyridine rings is 1. The lowest BCUT2D eigenvalue weighted by Crippen LogP contribution is -2.30. The van der Waals surface area contributed by atoms with Crippen molar-refractivity contribution in [2.24, 2.45) is 10.7 Å². The second kappa shape index (κ2) is 8.89. The Morgan fingerprint density at radius 3 is 2.93 bits per heavy atom. The predicted octanol–water partition coefficient (Wildman–Crippen LogP) is 1.16. The molecule has 0 spiro atoms. The molecular formula is C18H19FN8O2. The smallest absolute Gasteiger partial charge is 0.263 e. The maximum absolute atomic E-state index is 13.1. The van der Waals surface area contributed by atoms with Gasteiger partial charge in [0.15, 0.2) is 5.83 Å². The Morgan fingerprint density at radius 1 is 1.41 bits per heavy atom. The van der Waals surface area contributed by atoms with Gasteiger partial charge in [-0.2, -0.15) is 0 Å². The number of ether oxygens (including phenoxy) is 1. The zero-order chi connectivity index (χ0) is 20.8. The van der Waals surface area contributed by atoms with Crippen molar-refractivity contribution in [1.82, 2.24) is 19.9 Å². The zero-order valence-corrected chi connectivity index (χ0v) is 15.5. The van der Waals surface area contributed by atoms with Gasteiger partial charge in [-0.3, -0.25) is 15.2 Å². The van der Waals surface area contributed by atoms with Crippen LogP contribution in [0.2, 0.25) is 0 Å². The third-order valence-corrected chi connectivity index (χ3v) is 3.99. The van der Waals surface area contributed by atoms with Gasteiger partial charge in [0.05, 0.1) is 42.9 Å². The van der Waals surface area contributed by atoms with E-state index in [1.54, 1.807) is 31.9 Å². The highest BCUT2D eigenvalue weighted by Crippen LogP contribution is 2.27. The van der Waals surface area contributed by atoms with Crippen LogP contribution in [-0.4, -0.2) is 46.2 Å². The molecule has 1 aliphatic rings. The molecule has 5 N–H and O–H groups in total. The first-order valence-electron chi connectivity index (χ1n) is 8.51. The van der Waals surface area contributed by atoms with Crippen molar-refractivity contribution in [3.63, 3.8) is 0 Å². The van der Waals surface area contributed by atoms with Crippen molar-refractivity contribution in [1.29, 1.82) is 5.41 Å². The van der Waals surface area contributed by atoms with Gasteiger partial charge in [-0.05, 0) is 6.07 Å². The SMILES string of the molecule is COCCn1cncc1-c1ccncc1NC(=O)C(C(=N)N)=C1N=CC(F)=CN1. The van der Waals surface area contributed by atoms with Crippen LogP contribution in [0.15, 0.2) is 59.4 Å². The number of imidazole rings is 1. The van der Waals surface area contributed by atoms with E-state index in [4.69, 9.17) is 15.9 Å². The average molecular weight is 398 g/mol. The number of carbonyl (C=O) groups excluding carboxylic acids is 1. The fourth-order valence-electron chi connectivity index (χ4n) is 2.65. The number of methoxy groups -OCH3 is 1. The summed E-state index contributed by atoms with van der Waals surface area (Å²) in [5, 5.41) is 12.9. The molecule has 29 heavy (non-hydrogen) atoms. The summed E-state index contributed by atoms with van der Waals surface area (Å²) in [5.74, 6) is -1.86.